The zero-order chi connectivity index (χ0) is 65.7. The van der Waals surface area contributed by atoms with E-state index in [9.17, 15) is 34.2 Å². The Morgan fingerprint density at radius 2 is 1.56 bits per heavy atom. The Hall–Kier alpha value is -5.08. The van der Waals surface area contributed by atoms with Crippen LogP contribution in [0, 0.1) is 29.6 Å². The van der Waals surface area contributed by atoms with Gasteiger partial charge in [-0.05, 0) is 120 Å². The number of amides is 2. The Labute approximate surface area is 539 Å². The van der Waals surface area contributed by atoms with Gasteiger partial charge in [0.25, 0.3) is 16.9 Å². The third-order valence-electron chi connectivity index (χ3n) is 18.8. The number of carbonyl (C=O) groups is 5. The second kappa shape index (κ2) is 36.4. The van der Waals surface area contributed by atoms with Crippen molar-refractivity contribution >= 4 is 52.7 Å². The van der Waals surface area contributed by atoms with Crippen LogP contribution in [-0.4, -0.2) is 206 Å². The number of aromatic nitrogens is 2. The second-order valence-electron chi connectivity index (χ2n) is 25.5. The standard InChI is InChI=1S/C67H105N7O15S/c1-12-31-86-32-25-58(75)72-27-29-73(30-28-72)65-69-39-49(40-70-65)41-71-66(90)88-53-24-22-48(36-57(53)84-10)35-51(68)56-38-55(83-9)44(4)34-46(6)60(77)61(85-11)59(76)45(5)33-42(2)18-14-13-15-19-43(3)54(82-8)37-50-23-21-47(7)67(81,89-50)62(78)63(79)74-26-17-16-20-52(74)64(80)87-56/h13-15,18-19,34,39-40,42,44-45,47-48,50-57,60-61,77,81H,12,16-17,20-33,35-38,41,68H2,1-11H3,(H,71,90)/b15-13+,18-14+,43-19+,46-34+/t42-,44-,45-,47-,48+,50+,51-,52+,53-,54+,55-,56+,57-,60-,61+,67-/m1/s1. The number of thiocarbonyl (C=S) groups is 1. The molecule has 22 nitrogen and oxygen atoms in total. The first-order valence-corrected chi connectivity index (χ1v) is 33.1. The number of hydrogen-bond acceptors (Lipinski definition) is 20. The number of esters is 1. The summed E-state index contributed by atoms with van der Waals surface area (Å²) in [4.78, 5) is 84.8. The van der Waals surface area contributed by atoms with E-state index in [-0.39, 0.29) is 60.3 Å². The fourth-order valence-corrected chi connectivity index (χ4v) is 13.3. The number of anilines is 1. The van der Waals surface area contributed by atoms with Gasteiger partial charge in [-0.15, -0.1) is 0 Å². The molecule has 1 aromatic heterocycles. The lowest BCUT2D eigenvalue weighted by Crippen LogP contribution is -2.61. The number of ether oxygens (including phenoxy) is 8. The van der Waals surface area contributed by atoms with E-state index in [0.29, 0.717) is 128 Å². The lowest BCUT2D eigenvalue weighted by atomic mass is 9.80. The van der Waals surface area contributed by atoms with Gasteiger partial charge in [0, 0.05) is 129 Å². The molecule has 0 aromatic carbocycles. The number of aliphatic hydroxyl groups is 2. The Bertz CT molecular complexity index is 2620. The van der Waals surface area contributed by atoms with Crippen molar-refractivity contribution in [2.45, 2.75) is 212 Å². The maximum atomic E-state index is 14.8. The molecule has 90 heavy (non-hydrogen) atoms. The topological polar surface area (TPSA) is 273 Å². The Kier molecular flexibility index (Phi) is 29.9. The van der Waals surface area contributed by atoms with Crippen LogP contribution in [0.3, 0.4) is 0 Å². The number of aliphatic hydroxyl groups excluding tert-OH is 1. The van der Waals surface area contributed by atoms with Gasteiger partial charge < -0.3 is 73.9 Å². The van der Waals surface area contributed by atoms with Crippen LogP contribution >= 0.6 is 12.2 Å². The van der Waals surface area contributed by atoms with Gasteiger partial charge >= 0.3 is 5.97 Å². The molecule has 0 spiro atoms. The number of nitrogens with one attached hydrogen (secondary N) is 1. The van der Waals surface area contributed by atoms with Crippen LogP contribution in [-0.2, 0) is 68.4 Å². The first-order valence-electron chi connectivity index (χ1n) is 32.7. The molecule has 4 fully saturated rings. The van der Waals surface area contributed by atoms with Gasteiger partial charge in [-0.1, -0.05) is 71.1 Å². The summed E-state index contributed by atoms with van der Waals surface area (Å²) >= 11 is 5.69. The summed E-state index contributed by atoms with van der Waals surface area (Å²) in [6, 6.07) is -1.92. The molecular formula is C67H105N7O15S. The number of Topliss-reactive ketones (excluding diaryl/α,β-unsaturated/α-hetero) is 2. The molecule has 2 amide bonds. The average molecular weight is 1280 g/mol. The van der Waals surface area contributed by atoms with Crippen molar-refractivity contribution in [1.82, 2.24) is 25.1 Å². The molecule has 4 aliphatic heterocycles. The predicted octanol–water partition coefficient (Wildman–Crippen LogP) is 6.67. The van der Waals surface area contributed by atoms with Gasteiger partial charge in [-0.25, -0.2) is 14.8 Å². The number of nitrogens with zero attached hydrogens (tertiary/aromatic N) is 5. The summed E-state index contributed by atoms with van der Waals surface area (Å²) < 4.78 is 48.3. The molecule has 1 saturated carbocycles. The lowest BCUT2D eigenvalue weighted by Gasteiger charge is -2.43. The third-order valence-corrected chi connectivity index (χ3v) is 19.0. The number of piperidine rings is 1. The van der Waals surface area contributed by atoms with E-state index in [0.717, 1.165) is 17.6 Å². The first kappa shape index (κ1) is 74.0. The van der Waals surface area contributed by atoms with Crippen LogP contribution in [0.15, 0.2) is 60.0 Å². The van der Waals surface area contributed by atoms with Crippen molar-refractivity contribution in [1.29, 1.82) is 0 Å². The average Bonchev–Trinajstić information content (AvgIpc) is 1.25. The van der Waals surface area contributed by atoms with Crippen LogP contribution in [0.25, 0.3) is 0 Å². The van der Waals surface area contributed by atoms with Crippen LogP contribution in [0.4, 0.5) is 5.95 Å². The Morgan fingerprint density at radius 1 is 0.833 bits per heavy atom. The number of fused-ring (bicyclic) bond motifs is 3. The van der Waals surface area contributed by atoms with Crippen molar-refractivity contribution < 1.29 is 72.1 Å². The van der Waals surface area contributed by atoms with Crippen molar-refractivity contribution in [2.24, 2.45) is 35.3 Å². The highest BCUT2D eigenvalue weighted by atomic mass is 32.1. The van der Waals surface area contributed by atoms with Crippen LogP contribution < -0.4 is 16.0 Å². The number of rotatable bonds is 16. The monoisotopic (exact) mass is 1280 g/mol. The van der Waals surface area contributed by atoms with Gasteiger partial charge in [-0.2, -0.15) is 0 Å². The van der Waals surface area contributed by atoms with E-state index in [1.807, 2.05) is 76.0 Å². The number of allylic oxidation sites excluding steroid dienone is 5. The first-order chi connectivity index (χ1) is 43.0. The minimum absolute atomic E-state index is 0.00656. The molecule has 5 N–H and O–H groups in total. The van der Waals surface area contributed by atoms with Crippen molar-refractivity contribution in [3.63, 3.8) is 0 Å². The minimum Gasteiger partial charge on any atom is -0.465 e. The van der Waals surface area contributed by atoms with E-state index in [2.05, 4.69) is 20.2 Å². The summed E-state index contributed by atoms with van der Waals surface area (Å²) in [7, 11) is 6.17. The molecule has 16 atom stereocenters. The van der Waals surface area contributed by atoms with Gasteiger partial charge in [0.1, 0.15) is 30.5 Å². The number of ketones is 2. The maximum Gasteiger partial charge on any atom is 0.329 e. The lowest BCUT2D eigenvalue weighted by molar-refractivity contribution is -0.265. The van der Waals surface area contributed by atoms with Gasteiger partial charge in [0.05, 0.1) is 37.4 Å². The van der Waals surface area contributed by atoms with Crippen LogP contribution in [0.5, 0.6) is 0 Å². The number of hydrogen-bond donors (Lipinski definition) is 4. The molecule has 0 radical (unpaired) electrons. The molecule has 0 unspecified atom stereocenters. The number of carbonyl (C=O) groups excluding carboxylic acids is 5. The molecule has 6 rings (SSSR count). The molecule has 23 heteroatoms. The molecule has 3 saturated heterocycles. The summed E-state index contributed by atoms with van der Waals surface area (Å²) in [5.74, 6) is -6.49. The molecule has 504 valence electrons. The molecule has 5 aliphatic rings. The molecule has 5 heterocycles. The summed E-state index contributed by atoms with van der Waals surface area (Å²) in [5.41, 5.74) is 9.39. The SMILES string of the molecule is CCCOCCC(=O)N1CCN(c2ncc(CNC(=S)O[C@@H]3CC[C@@H](C[C@@H](N)[C@@H]4C[C@@H](OC)[C@H](C)/C=C(\C)[C@@H](O)[C@@H](OC)C(=O)[C@H](C)C[C@H](C)/C=C/C=C/C=C(\C)[C@@H](OC)C[C@@H]5CC[C@@H](C)[C@@](O)(O5)C(=O)C(=O)N5CCCC[C@H]5C(=O)O4)C[C@H]3OC)cn2)CC1. The Morgan fingerprint density at radius 3 is 2.23 bits per heavy atom. The third kappa shape index (κ3) is 20.7. The van der Waals surface area contributed by atoms with E-state index in [1.165, 1.54) is 12.0 Å². The number of methoxy groups -OCH3 is 4. The van der Waals surface area contributed by atoms with E-state index in [4.69, 9.17) is 55.8 Å². The van der Waals surface area contributed by atoms with Crippen molar-refractivity contribution in [2.75, 3.05) is 79.3 Å². The van der Waals surface area contributed by atoms with Gasteiger partial charge in [-0.3, -0.25) is 19.2 Å². The largest absolute Gasteiger partial charge is 0.465 e. The predicted molar refractivity (Wildman–Crippen MR) is 345 cm³/mol. The zero-order valence-corrected chi connectivity index (χ0v) is 56.1. The highest BCUT2D eigenvalue weighted by Crippen LogP contribution is 2.38. The van der Waals surface area contributed by atoms with Crippen LogP contribution in [0.1, 0.15) is 144 Å². The number of piperazine rings is 1. The fourth-order valence-electron chi connectivity index (χ4n) is 13.1. The molecule has 2 bridgehead atoms. The summed E-state index contributed by atoms with van der Waals surface area (Å²) in [6.45, 7) is 17.1. The fraction of sp³-hybridized carbons (Fsp3) is 0.731. The van der Waals surface area contributed by atoms with Crippen LogP contribution in [0.2, 0.25) is 0 Å². The smallest absolute Gasteiger partial charge is 0.329 e. The quantitative estimate of drug-likeness (QED) is 0.0442. The number of cyclic esters (lactones) is 1. The second-order valence-corrected chi connectivity index (χ2v) is 25.9. The molecule has 1 aliphatic carbocycles. The van der Waals surface area contributed by atoms with E-state index < -0.39 is 89.9 Å². The number of nitrogens with two attached hydrogens (primary N) is 1. The summed E-state index contributed by atoms with van der Waals surface area (Å²) in [6.07, 6.45) is 15.8. The van der Waals surface area contributed by atoms with Gasteiger partial charge in [0.15, 0.2) is 5.78 Å². The van der Waals surface area contributed by atoms with E-state index in [1.54, 1.807) is 47.6 Å². The van der Waals surface area contributed by atoms with E-state index >= 15 is 0 Å². The highest BCUT2D eigenvalue weighted by molar-refractivity contribution is 7.80. The molecule has 1 aromatic rings. The van der Waals surface area contributed by atoms with Gasteiger partial charge in [0.2, 0.25) is 17.6 Å². The summed E-state index contributed by atoms with van der Waals surface area (Å²) in [5, 5.41) is 27.3. The maximum absolute atomic E-state index is 14.8. The molecular weight excluding hydrogens is 1170 g/mol. The Balaban J connectivity index is 1.16. The highest BCUT2D eigenvalue weighted by Gasteiger charge is 2.53. The normalized spacial score (nSPS) is 34.2. The zero-order valence-electron chi connectivity index (χ0n) is 55.3. The van der Waals surface area contributed by atoms with Crippen molar-refractivity contribution in [3.8, 4) is 0 Å². The van der Waals surface area contributed by atoms with Crippen molar-refractivity contribution in [3.05, 3.63) is 65.6 Å². The minimum atomic E-state index is -2.46.